The molecule has 0 heterocycles. The largest absolute Gasteiger partial charge is 0.507 e. The first-order chi connectivity index (χ1) is 6.19. The van der Waals surface area contributed by atoms with Gasteiger partial charge in [0, 0.05) is 6.07 Å². The summed E-state index contributed by atoms with van der Waals surface area (Å²) in [4.78, 5) is 0. The van der Waals surface area contributed by atoms with Gasteiger partial charge in [0.1, 0.15) is 11.5 Å². The summed E-state index contributed by atoms with van der Waals surface area (Å²) >= 11 is 0. The predicted octanol–water partition coefficient (Wildman–Crippen LogP) is 0.495. The number of amidine groups is 1. The molecular weight excluding hydrogens is 172 g/mol. The van der Waals surface area contributed by atoms with E-state index in [1.54, 1.807) is 6.07 Å². The molecule has 0 amide bonds. The average Bonchev–Trinajstić information content (AvgIpc) is 2.16. The Morgan fingerprint density at radius 1 is 1.54 bits per heavy atom. The molecule has 0 saturated carbocycles. The molecule has 70 valence electrons. The maximum absolute atomic E-state index is 9.37. The second-order valence-electron chi connectivity index (χ2n) is 2.37. The van der Waals surface area contributed by atoms with Crippen molar-refractivity contribution >= 4 is 5.84 Å². The zero-order valence-corrected chi connectivity index (χ0v) is 7.06. The van der Waals surface area contributed by atoms with E-state index in [0.29, 0.717) is 5.75 Å². The van der Waals surface area contributed by atoms with Gasteiger partial charge in [-0.05, 0) is 12.1 Å². The van der Waals surface area contributed by atoms with E-state index in [1.165, 1.54) is 19.2 Å². The van der Waals surface area contributed by atoms with Gasteiger partial charge in [0.05, 0.1) is 12.7 Å². The minimum absolute atomic E-state index is 0.0883. The fourth-order valence-electron chi connectivity index (χ4n) is 0.909. The molecule has 1 aromatic rings. The first-order valence-electron chi connectivity index (χ1n) is 3.54. The fourth-order valence-corrected chi connectivity index (χ4v) is 0.909. The number of oxime groups is 1. The number of benzene rings is 1. The maximum atomic E-state index is 9.37. The molecule has 0 unspecified atom stereocenters. The molecule has 13 heavy (non-hydrogen) atoms. The number of nitrogens with two attached hydrogens (primary N) is 1. The zero-order chi connectivity index (χ0) is 9.84. The average molecular weight is 182 g/mol. The number of ether oxygens (including phenoxy) is 1. The van der Waals surface area contributed by atoms with Crippen molar-refractivity contribution in [2.45, 2.75) is 0 Å². The molecule has 4 N–H and O–H groups in total. The number of hydrogen-bond acceptors (Lipinski definition) is 4. The Morgan fingerprint density at radius 3 is 2.69 bits per heavy atom. The molecule has 0 saturated heterocycles. The van der Waals surface area contributed by atoms with Crippen molar-refractivity contribution in [1.29, 1.82) is 0 Å². The van der Waals surface area contributed by atoms with Crippen LogP contribution in [0.1, 0.15) is 5.56 Å². The summed E-state index contributed by atoms with van der Waals surface area (Å²) in [6, 6.07) is 4.49. The maximum Gasteiger partial charge on any atom is 0.173 e. The molecule has 1 aromatic carbocycles. The van der Waals surface area contributed by atoms with Crippen LogP contribution in [0, 0.1) is 0 Å². The number of phenols is 1. The molecule has 0 spiro atoms. The van der Waals surface area contributed by atoms with Gasteiger partial charge in [-0.3, -0.25) is 0 Å². The topological polar surface area (TPSA) is 88.1 Å². The number of aromatic hydroxyl groups is 1. The second-order valence-corrected chi connectivity index (χ2v) is 2.37. The second kappa shape index (κ2) is 3.66. The first-order valence-corrected chi connectivity index (χ1v) is 3.54. The molecule has 0 aliphatic carbocycles. The SMILES string of the molecule is COc1ccc(C(N)=NO)c(O)c1. The van der Waals surface area contributed by atoms with Crippen LogP contribution in [0.3, 0.4) is 0 Å². The van der Waals surface area contributed by atoms with E-state index in [2.05, 4.69) is 5.16 Å². The van der Waals surface area contributed by atoms with Gasteiger partial charge in [-0.25, -0.2) is 0 Å². The van der Waals surface area contributed by atoms with E-state index in [1.807, 2.05) is 0 Å². The van der Waals surface area contributed by atoms with Crippen molar-refractivity contribution in [3.63, 3.8) is 0 Å². The Hall–Kier alpha value is -1.91. The summed E-state index contributed by atoms with van der Waals surface area (Å²) in [5.41, 5.74) is 5.55. The Labute approximate surface area is 75.1 Å². The normalized spacial score (nSPS) is 11.3. The molecule has 0 aromatic heterocycles. The van der Waals surface area contributed by atoms with Gasteiger partial charge in [-0.2, -0.15) is 0 Å². The summed E-state index contributed by atoms with van der Waals surface area (Å²) in [7, 11) is 1.48. The van der Waals surface area contributed by atoms with Gasteiger partial charge < -0.3 is 20.8 Å². The van der Waals surface area contributed by atoms with E-state index >= 15 is 0 Å². The van der Waals surface area contributed by atoms with Crippen LogP contribution in [-0.2, 0) is 0 Å². The van der Waals surface area contributed by atoms with Gasteiger partial charge in [0.15, 0.2) is 5.84 Å². The van der Waals surface area contributed by atoms with E-state index in [0.717, 1.165) is 0 Å². The van der Waals surface area contributed by atoms with Gasteiger partial charge in [0.25, 0.3) is 0 Å². The van der Waals surface area contributed by atoms with Gasteiger partial charge in [0.2, 0.25) is 0 Å². The van der Waals surface area contributed by atoms with Crippen LogP contribution in [0.5, 0.6) is 11.5 Å². The van der Waals surface area contributed by atoms with Gasteiger partial charge >= 0.3 is 0 Å². The third-order valence-electron chi connectivity index (χ3n) is 1.59. The lowest BCUT2D eigenvalue weighted by Crippen LogP contribution is -2.13. The van der Waals surface area contributed by atoms with Crippen molar-refractivity contribution in [2.24, 2.45) is 10.9 Å². The lowest BCUT2D eigenvalue weighted by Gasteiger charge is -2.04. The molecule has 0 aliphatic rings. The summed E-state index contributed by atoms with van der Waals surface area (Å²) in [5.74, 6) is 0.279. The summed E-state index contributed by atoms with van der Waals surface area (Å²) in [5, 5.41) is 20.5. The Kier molecular flexibility index (Phi) is 2.59. The number of methoxy groups -OCH3 is 1. The molecule has 0 radical (unpaired) electrons. The Bertz CT molecular complexity index is 336. The molecule has 5 nitrogen and oxygen atoms in total. The van der Waals surface area contributed by atoms with E-state index in [4.69, 9.17) is 15.7 Å². The molecule has 5 heteroatoms. The number of rotatable bonds is 2. The van der Waals surface area contributed by atoms with Crippen molar-refractivity contribution in [1.82, 2.24) is 0 Å². The molecule has 0 atom stereocenters. The predicted molar refractivity (Wildman–Crippen MR) is 47.2 cm³/mol. The summed E-state index contributed by atoms with van der Waals surface area (Å²) < 4.78 is 4.86. The lowest BCUT2D eigenvalue weighted by atomic mass is 10.2. The lowest BCUT2D eigenvalue weighted by molar-refractivity contribution is 0.318. The first kappa shape index (κ1) is 9.18. The van der Waals surface area contributed by atoms with Crippen LogP contribution in [0.4, 0.5) is 0 Å². The standard InChI is InChI=1S/C8H10N2O3/c1-13-5-2-3-6(7(11)4-5)8(9)10-12/h2-4,11-12H,1H3,(H2,9,10). The zero-order valence-electron chi connectivity index (χ0n) is 7.06. The summed E-state index contributed by atoms with van der Waals surface area (Å²) in [6.07, 6.45) is 0. The van der Waals surface area contributed by atoms with Crippen molar-refractivity contribution in [2.75, 3.05) is 7.11 Å². The van der Waals surface area contributed by atoms with Crippen LogP contribution in [0.15, 0.2) is 23.4 Å². The van der Waals surface area contributed by atoms with E-state index < -0.39 is 0 Å². The smallest absolute Gasteiger partial charge is 0.173 e. The third-order valence-corrected chi connectivity index (χ3v) is 1.59. The molecule has 1 rings (SSSR count). The highest BCUT2D eigenvalue weighted by Gasteiger charge is 2.06. The van der Waals surface area contributed by atoms with E-state index in [9.17, 15) is 5.11 Å². The Morgan fingerprint density at radius 2 is 2.23 bits per heavy atom. The number of nitrogens with zero attached hydrogens (tertiary/aromatic N) is 1. The highest BCUT2D eigenvalue weighted by molar-refractivity contribution is 5.99. The molecular formula is C8H10N2O3. The van der Waals surface area contributed by atoms with Gasteiger partial charge in [-0.15, -0.1) is 0 Å². The number of hydrogen-bond donors (Lipinski definition) is 3. The highest BCUT2D eigenvalue weighted by atomic mass is 16.5. The van der Waals surface area contributed by atoms with Gasteiger partial charge in [-0.1, -0.05) is 5.16 Å². The summed E-state index contributed by atoms with van der Waals surface area (Å²) in [6.45, 7) is 0. The monoisotopic (exact) mass is 182 g/mol. The van der Waals surface area contributed by atoms with Crippen molar-refractivity contribution < 1.29 is 15.1 Å². The quantitative estimate of drug-likeness (QED) is 0.269. The molecule has 0 bridgehead atoms. The minimum Gasteiger partial charge on any atom is -0.507 e. The Balaban J connectivity index is 3.12. The van der Waals surface area contributed by atoms with Crippen LogP contribution >= 0.6 is 0 Å². The van der Waals surface area contributed by atoms with E-state index in [-0.39, 0.29) is 17.1 Å². The molecule has 0 aliphatic heterocycles. The minimum atomic E-state index is -0.139. The van der Waals surface area contributed by atoms with Crippen LogP contribution in [0.25, 0.3) is 0 Å². The van der Waals surface area contributed by atoms with Crippen LogP contribution in [-0.4, -0.2) is 23.3 Å². The van der Waals surface area contributed by atoms with Crippen LogP contribution < -0.4 is 10.5 Å². The van der Waals surface area contributed by atoms with Crippen molar-refractivity contribution in [3.05, 3.63) is 23.8 Å². The fraction of sp³-hybridized carbons (Fsp3) is 0.125. The molecule has 0 fully saturated rings. The van der Waals surface area contributed by atoms with Crippen LogP contribution in [0.2, 0.25) is 0 Å². The third kappa shape index (κ3) is 1.81. The number of phenolic OH excluding ortho intramolecular Hbond substituents is 1. The highest BCUT2D eigenvalue weighted by Crippen LogP contribution is 2.22. The van der Waals surface area contributed by atoms with Crippen molar-refractivity contribution in [3.8, 4) is 11.5 Å².